The largest absolute Gasteiger partial charge is 0.271 e. The van der Waals surface area contributed by atoms with E-state index in [0.29, 0.717) is 5.92 Å². The van der Waals surface area contributed by atoms with Crippen molar-refractivity contribution in [1.82, 2.24) is 10.4 Å². The first-order chi connectivity index (χ1) is 9.60. The van der Waals surface area contributed by atoms with Crippen molar-refractivity contribution in [2.24, 2.45) is 11.8 Å². The number of pyridine rings is 1. The molecule has 2 aromatic rings. The van der Waals surface area contributed by atoms with E-state index in [1.165, 1.54) is 5.56 Å². The van der Waals surface area contributed by atoms with Crippen LogP contribution < -0.4 is 11.3 Å². The Kier molecular flexibility index (Phi) is 4.88. The molecule has 0 saturated carbocycles. The molecule has 3 heteroatoms. The Labute approximate surface area is 121 Å². The molecule has 0 radical (unpaired) electrons. The average Bonchev–Trinajstić information content (AvgIpc) is 2.39. The third-order valence-corrected chi connectivity index (χ3v) is 3.30. The van der Waals surface area contributed by atoms with Gasteiger partial charge in [0.15, 0.2) is 0 Å². The fourth-order valence-electron chi connectivity index (χ4n) is 2.45. The lowest BCUT2D eigenvalue weighted by Crippen LogP contribution is -2.29. The van der Waals surface area contributed by atoms with Crippen LogP contribution in [0, 0.1) is 12.8 Å². The third-order valence-electron chi connectivity index (χ3n) is 3.30. The quantitative estimate of drug-likeness (QED) is 0.647. The summed E-state index contributed by atoms with van der Waals surface area (Å²) in [5.74, 6) is 6.39. The normalized spacial score (nSPS) is 12.7. The molecule has 0 bridgehead atoms. The molecule has 2 rings (SSSR count). The van der Waals surface area contributed by atoms with Crippen molar-refractivity contribution in [1.29, 1.82) is 0 Å². The van der Waals surface area contributed by atoms with Gasteiger partial charge in [-0.2, -0.15) is 0 Å². The summed E-state index contributed by atoms with van der Waals surface area (Å²) in [5.41, 5.74) is 7.33. The number of benzene rings is 1. The second-order valence-electron chi connectivity index (χ2n) is 5.65. The van der Waals surface area contributed by atoms with Crippen molar-refractivity contribution >= 4 is 0 Å². The Bertz CT molecular complexity index is 564. The number of hydrogen-bond acceptors (Lipinski definition) is 3. The predicted octanol–water partition coefficient (Wildman–Crippen LogP) is 3.14. The fourth-order valence-corrected chi connectivity index (χ4v) is 2.45. The van der Waals surface area contributed by atoms with Crippen LogP contribution in [0.2, 0.25) is 0 Å². The monoisotopic (exact) mass is 269 g/mol. The summed E-state index contributed by atoms with van der Waals surface area (Å²) in [7, 11) is 0. The van der Waals surface area contributed by atoms with Crippen LogP contribution in [-0.4, -0.2) is 4.98 Å². The molecule has 0 aliphatic heterocycles. The van der Waals surface area contributed by atoms with E-state index in [1.54, 1.807) is 0 Å². The number of hydrazine groups is 1. The fraction of sp³-hybridized carbons (Fsp3) is 0.353. The van der Waals surface area contributed by atoms with Crippen molar-refractivity contribution in [2.45, 2.75) is 33.2 Å². The first kappa shape index (κ1) is 14.7. The van der Waals surface area contributed by atoms with Crippen LogP contribution in [0.15, 0.2) is 42.5 Å². The van der Waals surface area contributed by atoms with Gasteiger partial charge in [0.05, 0.1) is 11.7 Å². The minimum Gasteiger partial charge on any atom is -0.271 e. The lowest BCUT2D eigenvalue weighted by atomic mass is 9.97. The van der Waals surface area contributed by atoms with Crippen LogP contribution >= 0.6 is 0 Å². The molecule has 0 spiro atoms. The van der Waals surface area contributed by atoms with Crippen molar-refractivity contribution < 1.29 is 0 Å². The Morgan fingerprint density at radius 2 is 1.90 bits per heavy atom. The van der Waals surface area contributed by atoms with Crippen LogP contribution in [0.25, 0.3) is 0 Å². The van der Waals surface area contributed by atoms with Crippen molar-refractivity contribution in [3.63, 3.8) is 0 Å². The van der Waals surface area contributed by atoms with Crippen LogP contribution in [0.3, 0.4) is 0 Å². The lowest BCUT2D eigenvalue weighted by molar-refractivity contribution is 0.614. The second-order valence-corrected chi connectivity index (χ2v) is 5.65. The van der Waals surface area contributed by atoms with Gasteiger partial charge in [-0.25, -0.2) is 5.43 Å². The molecule has 1 aromatic heterocycles. The van der Waals surface area contributed by atoms with Gasteiger partial charge in [0.1, 0.15) is 0 Å². The highest BCUT2D eigenvalue weighted by Gasteiger charge is 2.14. The van der Waals surface area contributed by atoms with E-state index in [-0.39, 0.29) is 6.04 Å². The first-order valence-electron chi connectivity index (χ1n) is 7.08. The zero-order chi connectivity index (χ0) is 14.5. The zero-order valence-corrected chi connectivity index (χ0v) is 12.4. The molecule has 106 valence electrons. The standard InChI is InChI=1S/C17H23N3/c1-12(2)10-14-7-5-8-15(11-14)17(20-18)16-9-4-6-13(3)19-16/h4-9,11-12,17,20H,10,18H2,1-3H3. The lowest BCUT2D eigenvalue weighted by Gasteiger charge is -2.17. The summed E-state index contributed by atoms with van der Waals surface area (Å²) in [5, 5.41) is 0. The summed E-state index contributed by atoms with van der Waals surface area (Å²) in [6, 6.07) is 14.5. The maximum Gasteiger partial charge on any atom is 0.0881 e. The number of nitrogens with zero attached hydrogens (tertiary/aromatic N) is 1. The molecule has 0 amide bonds. The molecule has 0 aliphatic carbocycles. The third kappa shape index (κ3) is 3.65. The van der Waals surface area contributed by atoms with Gasteiger partial charge in [-0.3, -0.25) is 10.8 Å². The highest BCUT2D eigenvalue weighted by molar-refractivity contribution is 5.32. The summed E-state index contributed by atoms with van der Waals surface area (Å²) in [6.07, 6.45) is 1.08. The number of hydrogen-bond donors (Lipinski definition) is 2. The Morgan fingerprint density at radius 1 is 1.15 bits per heavy atom. The topological polar surface area (TPSA) is 50.9 Å². The van der Waals surface area contributed by atoms with Gasteiger partial charge in [0, 0.05) is 5.69 Å². The number of aryl methyl sites for hydroxylation is 1. The van der Waals surface area contributed by atoms with Crippen LogP contribution in [0.4, 0.5) is 0 Å². The molecule has 1 heterocycles. The van der Waals surface area contributed by atoms with Gasteiger partial charge in [0.2, 0.25) is 0 Å². The highest BCUT2D eigenvalue weighted by Crippen LogP contribution is 2.22. The summed E-state index contributed by atoms with van der Waals surface area (Å²) in [4.78, 5) is 4.57. The van der Waals surface area contributed by atoms with E-state index in [4.69, 9.17) is 5.84 Å². The molecular weight excluding hydrogens is 246 g/mol. The average molecular weight is 269 g/mol. The Hall–Kier alpha value is -1.71. The molecule has 3 N–H and O–H groups in total. The molecule has 3 nitrogen and oxygen atoms in total. The maximum atomic E-state index is 5.75. The Balaban J connectivity index is 2.32. The van der Waals surface area contributed by atoms with E-state index < -0.39 is 0 Å². The molecule has 0 fully saturated rings. The van der Waals surface area contributed by atoms with Crippen LogP contribution in [0.1, 0.15) is 42.4 Å². The van der Waals surface area contributed by atoms with Crippen molar-refractivity contribution in [2.75, 3.05) is 0 Å². The molecule has 20 heavy (non-hydrogen) atoms. The van der Waals surface area contributed by atoms with Gasteiger partial charge in [-0.15, -0.1) is 0 Å². The smallest absolute Gasteiger partial charge is 0.0881 e. The molecule has 1 unspecified atom stereocenters. The summed E-state index contributed by atoms with van der Waals surface area (Å²) < 4.78 is 0. The van der Waals surface area contributed by atoms with E-state index in [0.717, 1.165) is 23.4 Å². The molecule has 1 aromatic carbocycles. The number of aromatic nitrogens is 1. The summed E-state index contributed by atoms with van der Waals surface area (Å²) in [6.45, 7) is 6.45. The van der Waals surface area contributed by atoms with E-state index >= 15 is 0 Å². The van der Waals surface area contributed by atoms with Gasteiger partial charge < -0.3 is 0 Å². The molecule has 0 aliphatic rings. The molecule has 1 atom stereocenters. The second kappa shape index (κ2) is 6.64. The van der Waals surface area contributed by atoms with E-state index in [2.05, 4.69) is 48.5 Å². The van der Waals surface area contributed by atoms with Crippen molar-refractivity contribution in [3.05, 3.63) is 65.0 Å². The predicted molar refractivity (Wildman–Crippen MR) is 83.1 cm³/mol. The number of nitrogens with two attached hydrogens (primary N) is 1. The van der Waals surface area contributed by atoms with E-state index in [9.17, 15) is 0 Å². The van der Waals surface area contributed by atoms with Gasteiger partial charge in [-0.05, 0) is 42.5 Å². The highest BCUT2D eigenvalue weighted by atomic mass is 15.2. The van der Waals surface area contributed by atoms with E-state index in [1.807, 2.05) is 25.1 Å². The van der Waals surface area contributed by atoms with Gasteiger partial charge in [-0.1, -0.05) is 44.2 Å². The van der Waals surface area contributed by atoms with Crippen molar-refractivity contribution in [3.8, 4) is 0 Å². The first-order valence-corrected chi connectivity index (χ1v) is 7.08. The molecule has 0 saturated heterocycles. The number of rotatable bonds is 5. The van der Waals surface area contributed by atoms with Crippen LogP contribution in [0.5, 0.6) is 0 Å². The number of nitrogens with one attached hydrogen (secondary N) is 1. The minimum atomic E-state index is -0.0676. The Morgan fingerprint density at radius 3 is 2.55 bits per heavy atom. The SMILES string of the molecule is Cc1cccc(C(NN)c2cccc(CC(C)C)c2)n1. The summed E-state index contributed by atoms with van der Waals surface area (Å²) >= 11 is 0. The maximum absolute atomic E-state index is 5.75. The zero-order valence-electron chi connectivity index (χ0n) is 12.4. The van der Waals surface area contributed by atoms with Gasteiger partial charge in [0.25, 0.3) is 0 Å². The minimum absolute atomic E-state index is 0.0676. The van der Waals surface area contributed by atoms with Gasteiger partial charge >= 0.3 is 0 Å². The van der Waals surface area contributed by atoms with Crippen LogP contribution in [-0.2, 0) is 6.42 Å². The molecular formula is C17H23N3.